The number of aryl methyl sites for hydroxylation is 1. The maximum Gasteiger partial charge on any atom is 0.0384 e. The first-order chi connectivity index (χ1) is 9.83. The zero-order valence-electron chi connectivity index (χ0n) is 11.3. The summed E-state index contributed by atoms with van der Waals surface area (Å²) in [7, 11) is 0. The zero-order chi connectivity index (χ0) is 13.5. The molecule has 0 aliphatic rings. The lowest BCUT2D eigenvalue weighted by molar-refractivity contribution is 1.58. The van der Waals surface area contributed by atoms with Gasteiger partial charge in [0.05, 0.1) is 0 Å². The van der Waals surface area contributed by atoms with E-state index in [0.717, 1.165) is 0 Å². The third-order valence-corrected chi connectivity index (χ3v) is 5.18. The molecule has 1 heteroatoms. The van der Waals surface area contributed by atoms with Crippen molar-refractivity contribution in [2.45, 2.75) is 6.92 Å². The van der Waals surface area contributed by atoms with Gasteiger partial charge in [-0.05, 0) is 46.3 Å². The molecule has 0 radical (unpaired) electrons. The third-order valence-electron chi connectivity index (χ3n) is 3.86. The largest absolute Gasteiger partial charge is 0.135 e. The fourth-order valence-corrected chi connectivity index (χ4v) is 3.99. The molecular formula is C19H14S. The molecule has 0 atom stereocenters. The number of rotatable bonds is 1. The van der Waals surface area contributed by atoms with Crippen molar-refractivity contribution >= 4 is 32.2 Å². The van der Waals surface area contributed by atoms with Crippen LogP contribution in [0.25, 0.3) is 31.3 Å². The quantitative estimate of drug-likeness (QED) is 0.397. The Morgan fingerprint density at radius 3 is 2.35 bits per heavy atom. The summed E-state index contributed by atoms with van der Waals surface area (Å²) in [5.41, 5.74) is 2.71. The van der Waals surface area contributed by atoms with Crippen LogP contribution in [0.5, 0.6) is 0 Å². The monoisotopic (exact) mass is 274 g/mol. The number of thiophene rings is 1. The van der Waals surface area contributed by atoms with Crippen molar-refractivity contribution in [3.05, 3.63) is 72.3 Å². The van der Waals surface area contributed by atoms with Gasteiger partial charge >= 0.3 is 0 Å². The third kappa shape index (κ3) is 1.75. The van der Waals surface area contributed by atoms with E-state index in [2.05, 4.69) is 73.7 Å². The van der Waals surface area contributed by atoms with Gasteiger partial charge in [0.25, 0.3) is 0 Å². The molecule has 3 aromatic carbocycles. The second kappa shape index (κ2) is 4.46. The summed E-state index contributed by atoms with van der Waals surface area (Å²) in [5.74, 6) is 0. The first-order valence-electron chi connectivity index (χ1n) is 6.80. The van der Waals surface area contributed by atoms with E-state index in [1.54, 1.807) is 0 Å². The van der Waals surface area contributed by atoms with E-state index in [-0.39, 0.29) is 0 Å². The average molecular weight is 274 g/mol. The minimum atomic E-state index is 1.30. The fraction of sp³-hybridized carbons (Fsp3) is 0.0526. The molecule has 1 aromatic heterocycles. The summed E-state index contributed by atoms with van der Waals surface area (Å²) in [6.07, 6.45) is 0. The molecule has 4 rings (SSSR count). The van der Waals surface area contributed by atoms with Crippen LogP contribution in [0.15, 0.2) is 66.7 Å². The van der Waals surface area contributed by atoms with E-state index < -0.39 is 0 Å². The van der Waals surface area contributed by atoms with Crippen molar-refractivity contribution in [2.75, 3.05) is 0 Å². The molecule has 4 aromatic rings. The van der Waals surface area contributed by atoms with Gasteiger partial charge in [0.1, 0.15) is 0 Å². The molecule has 0 aliphatic carbocycles. The fourth-order valence-electron chi connectivity index (χ4n) is 2.78. The molecule has 20 heavy (non-hydrogen) atoms. The molecule has 0 N–H and O–H groups in total. The van der Waals surface area contributed by atoms with Crippen LogP contribution in [0.4, 0.5) is 0 Å². The van der Waals surface area contributed by atoms with Gasteiger partial charge in [0.15, 0.2) is 0 Å². The zero-order valence-corrected chi connectivity index (χ0v) is 12.1. The Balaban J connectivity index is 1.98. The Bertz CT molecular complexity index is 915. The van der Waals surface area contributed by atoms with E-state index in [1.165, 1.54) is 36.9 Å². The standard InChI is InChI=1S/C19H14S/c1-13-17-8-4-5-9-18(17)20-19(13)16-11-10-14-6-2-3-7-15(14)12-16/h2-12H,1H3. The summed E-state index contributed by atoms with van der Waals surface area (Å²) >= 11 is 1.89. The predicted molar refractivity (Wildman–Crippen MR) is 89.5 cm³/mol. The summed E-state index contributed by atoms with van der Waals surface area (Å²) in [6.45, 7) is 2.23. The van der Waals surface area contributed by atoms with E-state index in [9.17, 15) is 0 Å². The molecule has 0 saturated heterocycles. The highest BCUT2D eigenvalue weighted by Crippen LogP contribution is 2.38. The van der Waals surface area contributed by atoms with Crippen LogP contribution < -0.4 is 0 Å². The molecule has 0 aliphatic heterocycles. The van der Waals surface area contributed by atoms with E-state index >= 15 is 0 Å². The minimum Gasteiger partial charge on any atom is -0.135 e. The summed E-state index contributed by atoms with van der Waals surface area (Å²) in [6, 6.07) is 23.9. The lowest BCUT2D eigenvalue weighted by Crippen LogP contribution is -1.78. The lowest BCUT2D eigenvalue weighted by atomic mass is 10.0. The van der Waals surface area contributed by atoms with Crippen LogP contribution in [0, 0.1) is 6.92 Å². The molecule has 0 nitrogen and oxygen atoms in total. The topological polar surface area (TPSA) is 0 Å². The Labute approximate surface area is 122 Å². The highest BCUT2D eigenvalue weighted by atomic mass is 32.1. The smallest absolute Gasteiger partial charge is 0.0384 e. The van der Waals surface area contributed by atoms with E-state index in [1.807, 2.05) is 11.3 Å². The van der Waals surface area contributed by atoms with E-state index in [0.29, 0.717) is 0 Å². The maximum absolute atomic E-state index is 2.30. The van der Waals surface area contributed by atoms with Crippen LogP contribution >= 0.6 is 11.3 Å². The first-order valence-corrected chi connectivity index (χ1v) is 7.62. The number of hydrogen-bond donors (Lipinski definition) is 0. The van der Waals surface area contributed by atoms with Gasteiger partial charge in [-0.2, -0.15) is 0 Å². The number of benzene rings is 3. The lowest BCUT2D eigenvalue weighted by Gasteiger charge is -2.03. The average Bonchev–Trinajstić information content (AvgIpc) is 2.84. The molecule has 0 saturated carbocycles. The minimum absolute atomic E-state index is 1.30. The Hall–Kier alpha value is -2.12. The molecule has 1 heterocycles. The van der Waals surface area contributed by atoms with Gasteiger partial charge in [-0.3, -0.25) is 0 Å². The summed E-state index contributed by atoms with van der Waals surface area (Å²) in [4.78, 5) is 1.39. The first kappa shape index (κ1) is 11.7. The van der Waals surface area contributed by atoms with Crippen LogP contribution in [0.2, 0.25) is 0 Å². The maximum atomic E-state index is 2.30. The molecule has 0 bridgehead atoms. The highest BCUT2D eigenvalue weighted by Gasteiger charge is 2.10. The number of fused-ring (bicyclic) bond motifs is 2. The Morgan fingerprint density at radius 2 is 1.50 bits per heavy atom. The number of hydrogen-bond acceptors (Lipinski definition) is 1. The normalized spacial score (nSPS) is 11.2. The second-order valence-corrected chi connectivity index (χ2v) is 6.17. The highest BCUT2D eigenvalue weighted by molar-refractivity contribution is 7.22. The van der Waals surface area contributed by atoms with Crippen molar-refractivity contribution in [1.82, 2.24) is 0 Å². The van der Waals surface area contributed by atoms with Gasteiger partial charge in [0, 0.05) is 9.58 Å². The van der Waals surface area contributed by atoms with Crippen molar-refractivity contribution in [3.8, 4) is 10.4 Å². The van der Waals surface area contributed by atoms with Crippen LogP contribution in [0.1, 0.15) is 5.56 Å². The van der Waals surface area contributed by atoms with Crippen molar-refractivity contribution < 1.29 is 0 Å². The molecule has 96 valence electrons. The van der Waals surface area contributed by atoms with Crippen LogP contribution in [0.3, 0.4) is 0 Å². The molecule has 0 spiro atoms. The van der Waals surface area contributed by atoms with Crippen molar-refractivity contribution in [2.24, 2.45) is 0 Å². The van der Waals surface area contributed by atoms with Gasteiger partial charge in [-0.1, -0.05) is 54.6 Å². The van der Waals surface area contributed by atoms with E-state index in [4.69, 9.17) is 0 Å². The van der Waals surface area contributed by atoms with Gasteiger partial charge in [-0.15, -0.1) is 11.3 Å². The SMILES string of the molecule is Cc1c(-c2ccc3ccccc3c2)sc2ccccc12. The van der Waals surface area contributed by atoms with Crippen LogP contribution in [-0.2, 0) is 0 Å². The van der Waals surface area contributed by atoms with Crippen molar-refractivity contribution in [1.29, 1.82) is 0 Å². The molecular weight excluding hydrogens is 260 g/mol. The van der Waals surface area contributed by atoms with Crippen molar-refractivity contribution in [3.63, 3.8) is 0 Å². The Morgan fingerprint density at radius 1 is 0.750 bits per heavy atom. The van der Waals surface area contributed by atoms with Crippen LogP contribution in [-0.4, -0.2) is 0 Å². The summed E-state index contributed by atoms with van der Waals surface area (Å²) < 4.78 is 1.37. The predicted octanol–water partition coefficient (Wildman–Crippen LogP) is 6.03. The van der Waals surface area contributed by atoms with Gasteiger partial charge < -0.3 is 0 Å². The summed E-state index contributed by atoms with van der Waals surface area (Å²) in [5, 5.41) is 3.98. The van der Waals surface area contributed by atoms with Gasteiger partial charge in [0.2, 0.25) is 0 Å². The van der Waals surface area contributed by atoms with Gasteiger partial charge in [-0.25, -0.2) is 0 Å². The molecule has 0 amide bonds. The molecule has 0 fully saturated rings. The second-order valence-electron chi connectivity index (χ2n) is 5.11. The molecule has 0 unspecified atom stereocenters. The Kier molecular flexibility index (Phi) is 2.61.